The largest absolute Gasteiger partial charge is 0.452 e. The number of nitrogens with zero attached hydrogens (tertiary/aromatic N) is 2. The summed E-state index contributed by atoms with van der Waals surface area (Å²) in [6, 6.07) is 10.5. The molecule has 1 fully saturated rings. The fourth-order valence-electron chi connectivity index (χ4n) is 2.92. The molecular weight excluding hydrogens is 400 g/mol. The predicted octanol–water partition coefficient (Wildman–Crippen LogP) is 3.68. The number of carbonyl (C=O) groups excluding carboxylic acids is 2. The average Bonchev–Trinajstić information content (AvgIpc) is 2.67. The summed E-state index contributed by atoms with van der Waals surface area (Å²) in [5.74, 6) is -0.807. The molecule has 2 heterocycles. The highest BCUT2D eigenvalue weighted by atomic mass is 35.5. The van der Waals surface area contributed by atoms with Crippen LogP contribution in [0, 0.1) is 0 Å². The van der Waals surface area contributed by atoms with Crippen molar-refractivity contribution in [1.82, 2.24) is 9.88 Å². The van der Waals surface area contributed by atoms with Gasteiger partial charge in [-0.05, 0) is 50.2 Å². The highest BCUT2D eigenvalue weighted by molar-refractivity contribution is 7.99. The van der Waals surface area contributed by atoms with Gasteiger partial charge in [-0.2, -0.15) is 0 Å². The summed E-state index contributed by atoms with van der Waals surface area (Å²) in [4.78, 5) is 31.8. The van der Waals surface area contributed by atoms with Crippen molar-refractivity contribution >= 4 is 35.2 Å². The minimum atomic E-state index is -0.577. The molecule has 148 valence electrons. The molecule has 28 heavy (non-hydrogen) atoms. The van der Waals surface area contributed by atoms with E-state index >= 15 is 0 Å². The Morgan fingerprint density at radius 2 is 1.89 bits per heavy atom. The van der Waals surface area contributed by atoms with E-state index in [-0.39, 0.29) is 24.7 Å². The highest BCUT2D eigenvalue weighted by Gasteiger charge is 2.27. The first-order valence-corrected chi connectivity index (χ1v) is 10.1. The van der Waals surface area contributed by atoms with Crippen molar-refractivity contribution in [2.24, 2.45) is 0 Å². The Morgan fingerprint density at radius 3 is 2.57 bits per heavy atom. The molecule has 0 unspecified atom stereocenters. The third-order valence-electron chi connectivity index (χ3n) is 4.12. The molecule has 0 radical (unpaired) electrons. The Bertz CT molecular complexity index is 836. The molecule has 0 aliphatic carbocycles. The second-order valence-corrected chi connectivity index (χ2v) is 8.04. The molecule has 1 aromatic heterocycles. The monoisotopic (exact) mass is 420 g/mol. The summed E-state index contributed by atoms with van der Waals surface area (Å²) in [6.45, 7) is 4.50. The molecule has 2 atom stereocenters. The molecular formula is C20H21ClN2O4S. The van der Waals surface area contributed by atoms with Gasteiger partial charge in [0, 0.05) is 29.2 Å². The van der Waals surface area contributed by atoms with Gasteiger partial charge < -0.3 is 14.4 Å². The molecule has 1 amide bonds. The standard InChI is InChI=1S/C20H21ClN2O4S/c1-13-10-23(11-14(2)27-13)18(24)12-26-20(25)17-4-3-9-22-19(17)28-16-7-5-15(21)6-8-16/h3-9,13-14H,10-12H2,1-2H3/t13-,14-/m1/s1. The number of pyridine rings is 1. The summed E-state index contributed by atoms with van der Waals surface area (Å²) in [5, 5.41) is 1.14. The summed E-state index contributed by atoms with van der Waals surface area (Å²) < 4.78 is 10.9. The third-order valence-corrected chi connectivity index (χ3v) is 5.40. The molecule has 1 aliphatic heterocycles. The van der Waals surface area contributed by atoms with Crippen molar-refractivity contribution in [3.8, 4) is 0 Å². The molecule has 3 rings (SSSR count). The lowest BCUT2D eigenvalue weighted by Gasteiger charge is -2.35. The van der Waals surface area contributed by atoms with Crippen LogP contribution >= 0.6 is 23.4 Å². The molecule has 0 N–H and O–H groups in total. The van der Waals surface area contributed by atoms with Gasteiger partial charge >= 0.3 is 5.97 Å². The van der Waals surface area contributed by atoms with E-state index in [9.17, 15) is 9.59 Å². The number of carbonyl (C=O) groups is 2. The van der Waals surface area contributed by atoms with Crippen LogP contribution in [0.2, 0.25) is 5.02 Å². The number of amides is 1. The predicted molar refractivity (Wildman–Crippen MR) is 107 cm³/mol. The number of ether oxygens (including phenoxy) is 2. The fraction of sp³-hybridized carbons (Fsp3) is 0.350. The van der Waals surface area contributed by atoms with Gasteiger partial charge in [-0.1, -0.05) is 23.4 Å². The topological polar surface area (TPSA) is 68.7 Å². The lowest BCUT2D eigenvalue weighted by molar-refractivity contribution is -0.146. The van der Waals surface area contributed by atoms with Crippen molar-refractivity contribution in [1.29, 1.82) is 0 Å². The maximum absolute atomic E-state index is 12.5. The molecule has 0 spiro atoms. The maximum atomic E-state index is 12.5. The lowest BCUT2D eigenvalue weighted by Crippen LogP contribution is -2.49. The SMILES string of the molecule is C[C@@H]1CN(C(=O)COC(=O)c2cccnc2Sc2ccc(Cl)cc2)C[C@@H](C)O1. The number of halogens is 1. The molecule has 1 saturated heterocycles. The van der Waals surface area contributed by atoms with E-state index in [0.717, 1.165) is 4.90 Å². The van der Waals surface area contributed by atoms with Crippen LogP contribution in [-0.2, 0) is 14.3 Å². The van der Waals surface area contributed by atoms with Crippen LogP contribution in [0.3, 0.4) is 0 Å². The second-order valence-electron chi connectivity index (χ2n) is 6.54. The number of aromatic nitrogens is 1. The van der Waals surface area contributed by atoms with Crippen molar-refractivity contribution < 1.29 is 19.1 Å². The van der Waals surface area contributed by atoms with Crippen LogP contribution in [-0.4, -0.2) is 53.7 Å². The first-order chi connectivity index (χ1) is 13.4. The van der Waals surface area contributed by atoms with Crippen LogP contribution in [0.4, 0.5) is 0 Å². The minimum Gasteiger partial charge on any atom is -0.452 e. The maximum Gasteiger partial charge on any atom is 0.341 e. The molecule has 0 saturated carbocycles. The van der Waals surface area contributed by atoms with Crippen molar-refractivity contribution in [3.05, 3.63) is 53.2 Å². The zero-order chi connectivity index (χ0) is 20.1. The Balaban J connectivity index is 1.63. The summed E-state index contributed by atoms with van der Waals surface area (Å²) >= 11 is 7.24. The Labute approximate surface area is 173 Å². The van der Waals surface area contributed by atoms with Crippen molar-refractivity contribution in [3.63, 3.8) is 0 Å². The number of hydrogen-bond acceptors (Lipinski definition) is 6. The van der Waals surface area contributed by atoms with Gasteiger partial charge in [-0.15, -0.1) is 0 Å². The van der Waals surface area contributed by atoms with E-state index in [1.807, 2.05) is 26.0 Å². The normalized spacial score (nSPS) is 19.3. The molecule has 1 aromatic carbocycles. The molecule has 0 bridgehead atoms. The number of rotatable bonds is 5. The van der Waals surface area contributed by atoms with Gasteiger partial charge in [-0.25, -0.2) is 9.78 Å². The van der Waals surface area contributed by atoms with Gasteiger partial charge in [-0.3, -0.25) is 4.79 Å². The van der Waals surface area contributed by atoms with E-state index in [1.165, 1.54) is 11.8 Å². The van der Waals surface area contributed by atoms with Gasteiger partial charge in [0.15, 0.2) is 6.61 Å². The van der Waals surface area contributed by atoms with Gasteiger partial charge in [0.05, 0.1) is 17.8 Å². The lowest BCUT2D eigenvalue weighted by atomic mass is 10.2. The van der Waals surface area contributed by atoms with Gasteiger partial charge in [0.2, 0.25) is 0 Å². The smallest absolute Gasteiger partial charge is 0.341 e. The molecule has 8 heteroatoms. The second kappa shape index (κ2) is 9.41. The number of morpholine rings is 1. The van der Waals surface area contributed by atoms with Crippen LogP contribution in [0.25, 0.3) is 0 Å². The number of benzene rings is 1. The highest BCUT2D eigenvalue weighted by Crippen LogP contribution is 2.29. The van der Waals surface area contributed by atoms with Crippen LogP contribution in [0.1, 0.15) is 24.2 Å². The van der Waals surface area contributed by atoms with E-state index in [4.69, 9.17) is 21.1 Å². The van der Waals surface area contributed by atoms with Crippen LogP contribution in [0.15, 0.2) is 52.5 Å². The summed E-state index contributed by atoms with van der Waals surface area (Å²) in [5.41, 5.74) is 0.318. The number of esters is 1. The third kappa shape index (κ3) is 5.47. The van der Waals surface area contributed by atoms with E-state index in [2.05, 4.69) is 4.98 Å². The minimum absolute atomic E-state index is 0.0379. The fourth-order valence-corrected chi connectivity index (χ4v) is 3.92. The van der Waals surface area contributed by atoms with E-state index < -0.39 is 5.97 Å². The summed E-state index contributed by atoms with van der Waals surface area (Å²) in [6.07, 6.45) is 1.53. The first kappa shape index (κ1) is 20.6. The van der Waals surface area contributed by atoms with Crippen molar-refractivity contribution in [2.75, 3.05) is 19.7 Å². The van der Waals surface area contributed by atoms with Crippen LogP contribution in [0.5, 0.6) is 0 Å². The molecule has 6 nitrogen and oxygen atoms in total. The average molecular weight is 421 g/mol. The zero-order valence-corrected chi connectivity index (χ0v) is 17.2. The van der Waals surface area contributed by atoms with Gasteiger partial charge in [0.1, 0.15) is 5.03 Å². The van der Waals surface area contributed by atoms with Crippen LogP contribution < -0.4 is 0 Å². The molecule has 1 aliphatic rings. The van der Waals surface area contributed by atoms with E-state index in [0.29, 0.717) is 28.7 Å². The van der Waals surface area contributed by atoms with E-state index in [1.54, 1.807) is 35.4 Å². The first-order valence-electron chi connectivity index (χ1n) is 8.91. The number of hydrogen-bond donors (Lipinski definition) is 0. The van der Waals surface area contributed by atoms with Gasteiger partial charge in [0.25, 0.3) is 5.91 Å². The zero-order valence-electron chi connectivity index (χ0n) is 15.6. The Morgan fingerprint density at radius 1 is 1.21 bits per heavy atom. The Hall–Kier alpha value is -2.09. The summed E-state index contributed by atoms with van der Waals surface area (Å²) in [7, 11) is 0. The van der Waals surface area contributed by atoms with Crippen molar-refractivity contribution in [2.45, 2.75) is 36.0 Å². The Kier molecular flexibility index (Phi) is 6.93. The quantitative estimate of drug-likeness (QED) is 0.687. The molecule has 2 aromatic rings.